The molecule has 31 heavy (non-hydrogen) atoms. The van der Waals surface area contributed by atoms with Gasteiger partial charge in [-0.25, -0.2) is 8.78 Å². The largest absolute Gasteiger partial charge is 0.324 e. The Labute approximate surface area is 185 Å². The highest BCUT2D eigenvalue weighted by Gasteiger charge is 2.34. The van der Waals surface area contributed by atoms with Crippen molar-refractivity contribution in [2.75, 3.05) is 16.8 Å². The zero-order valence-electron chi connectivity index (χ0n) is 16.0. The molecular weight excluding hydrogens is 449 g/mol. The first-order valence-corrected chi connectivity index (χ1v) is 9.88. The van der Waals surface area contributed by atoms with Crippen LogP contribution >= 0.6 is 23.2 Å². The van der Waals surface area contributed by atoms with Crippen molar-refractivity contribution >= 4 is 46.4 Å². The number of amides is 2. The lowest BCUT2D eigenvalue weighted by molar-refractivity contribution is -0.122. The number of aromatic nitrogens is 2. The van der Waals surface area contributed by atoms with E-state index in [4.69, 9.17) is 23.2 Å². The van der Waals surface area contributed by atoms with Gasteiger partial charge < -0.3 is 10.2 Å². The van der Waals surface area contributed by atoms with Crippen LogP contribution in [0.15, 0.2) is 42.7 Å². The molecule has 1 aliphatic rings. The number of anilines is 2. The van der Waals surface area contributed by atoms with Crippen LogP contribution < -0.4 is 10.2 Å². The van der Waals surface area contributed by atoms with Crippen LogP contribution in [0.25, 0.3) is 11.1 Å². The normalized spacial score (nSPS) is 15.2. The molecular formula is C21H14Cl2F2N4O2. The molecule has 1 unspecified atom stereocenters. The summed E-state index contributed by atoms with van der Waals surface area (Å²) in [7, 11) is 0. The maximum atomic E-state index is 15.0. The number of nitrogens with zero attached hydrogens (tertiary/aromatic N) is 3. The molecule has 3 aromatic rings. The Hall–Kier alpha value is -3.10. The molecule has 4 rings (SSSR count). The minimum atomic E-state index is -0.725. The lowest BCUT2D eigenvalue weighted by atomic mass is 9.95. The first-order valence-electron chi connectivity index (χ1n) is 9.12. The van der Waals surface area contributed by atoms with Crippen molar-refractivity contribution in [1.82, 2.24) is 10.2 Å². The maximum absolute atomic E-state index is 15.0. The molecule has 6 nitrogen and oxygen atoms in total. The van der Waals surface area contributed by atoms with Crippen molar-refractivity contribution in [2.24, 2.45) is 0 Å². The average Bonchev–Trinajstić information content (AvgIpc) is 2.80. The van der Waals surface area contributed by atoms with Crippen LogP contribution in [0.1, 0.15) is 18.4 Å². The van der Waals surface area contributed by atoms with Gasteiger partial charge in [-0.05, 0) is 42.8 Å². The molecule has 1 aliphatic heterocycles. The highest BCUT2D eigenvalue weighted by Crippen LogP contribution is 2.43. The van der Waals surface area contributed by atoms with E-state index in [0.29, 0.717) is 11.1 Å². The van der Waals surface area contributed by atoms with E-state index in [0.717, 1.165) is 17.0 Å². The Morgan fingerprint density at radius 3 is 2.61 bits per heavy atom. The summed E-state index contributed by atoms with van der Waals surface area (Å²) in [5.41, 5.74) is 1.26. The van der Waals surface area contributed by atoms with Gasteiger partial charge in [0.05, 0.1) is 29.0 Å². The third-order valence-electron chi connectivity index (χ3n) is 4.96. The van der Waals surface area contributed by atoms with Crippen molar-refractivity contribution in [3.63, 3.8) is 0 Å². The number of halogens is 4. The lowest BCUT2D eigenvalue weighted by Gasteiger charge is -2.24. The molecule has 158 valence electrons. The smallest absolute Gasteiger partial charge is 0.244 e. The van der Waals surface area contributed by atoms with Gasteiger partial charge in [-0.1, -0.05) is 23.2 Å². The Kier molecular flexibility index (Phi) is 5.60. The first kappa shape index (κ1) is 21.1. The van der Waals surface area contributed by atoms with Crippen molar-refractivity contribution < 1.29 is 18.4 Å². The Bertz CT molecular complexity index is 1220. The Morgan fingerprint density at radius 1 is 1.13 bits per heavy atom. The van der Waals surface area contributed by atoms with Gasteiger partial charge in [-0.2, -0.15) is 10.2 Å². The molecule has 0 fully saturated rings. The van der Waals surface area contributed by atoms with E-state index in [1.165, 1.54) is 30.6 Å². The second-order valence-corrected chi connectivity index (χ2v) is 7.81. The topological polar surface area (TPSA) is 75.2 Å². The monoisotopic (exact) mass is 462 g/mol. The number of hydrogen-bond donors (Lipinski definition) is 1. The second kappa shape index (κ2) is 8.20. The molecule has 2 aromatic carbocycles. The standard InChI is InChI=1S/C21H14Cl2F2N4O2/c1-10-13-7-26-27-8-14(13)20-17(25)4-11(22)5-18(20)29(21(10)31)9-19(30)28-12-2-3-15(23)16(24)6-12/h2-8,10H,9H2,1H3,(H,28,30). The molecule has 2 amide bonds. The van der Waals surface area contributed by atoms with Crippen molar-refractivity contribution in [2.45, 2.75) is 12.8 Å². The van der Waals surface area contributed by atoms with E-state index >= 15 is 0 Å². The number of benzene rings is 2. The van der Waals surface area contributed by atoms with Crippen LogP contribution in [0.5, 0.6) is 0 Å². The summed E-state index contributed by atoms with van der Waals surface area (Å²) in [6.07, 6.45) is 2.77. The zero-order chi connectivity index (χ0) is 22.3. The molecule has 10 heteroatoms. The number of carbonyl (C=O) groups is 2. The average molecular weight is 463 g/mol. The summed E-state index contributed by atoms with van der Waals surface area (Å²) < 4.78 is 28.6. The number of hydrogen-bond acceptors (Lipinski definition) is 4. The van der Waals surface area contributed by atoms with E-state index in [2.05, 4.69) is 15.5 Å². The Morgan fingerprint density at radius 2 is 1.87 bits per heavy atom. The summed E-state index contributed by atoms with van der Waals surface area (Å²) in [6, 6.07) is 6.32. The SMILES string of the molecule is CC1C(=O)N(CC(=O)Nc2ccc(Cl)c(F)c2)c2cc(Cl)cc(F)c2-c2cnncc21. The van der Waals surface area contributed by atoms with E-state index in [9.17, 15) is 18.4 Å². The highest BCUT2D eigenvalue weighted by molar-refractivity contribution is 6.31. The predicted octanol–water partition coefficient (Wildman–Crippen LogP) is 4.82. The van der Waals surface area contributed by atoms with E-state index in [1.54, 1.807) is 6.92 Å². The van der Waals surface area contributed by atoms with E-state index < -0.39 is 35.9 Å². The first-order chi connectivity index (χ1) is 14.8. The molecule has 0 saturated carbocycles. The van der Waals surface area contributed by atoms with E-state index in [1.807, 2.05) is 0 Å². The summed E-state index contributed by atoms with van der Waals surface area (Å²) in [4.78, 5) is 27.1. The van der Waals surface area contributed by atoms with Crippen LogP contribution in [0.3, 0.4) is 0 Å². The van der Waals surface area contributed by atoms with Crippen molar-refractivity contribution in [1.29, 1.82) is 0 Å². The molecule has 0 bridgehead atoms. The molecule has 0 radical (unpaired) electrons. The fourth-order valence-corrected chi connectivity index (χ4v) is 3.81. The third-order valence-corrected chi connectivity index (χ3v) is 5.49. The number of rotatable bonds is 3. The quantitative estimate of drug-likeness (QED) is 0.605. The van der Waals surface area contributed by atoms with Gasteiger partial charge >= 0.3 is 0 Å². The van der Waals surface area contributed by atoms with Gasteiger partial charge in [0.25, 0.3) is 0 Å². The summed E-state index contributed by atoms with van der Waals surface area (Å²) in [5, 5.41) is 10.1. The summed E-state index contributed by atoms with van der Waals surface area (Å²) in [6.45, 7) is 1.18. The van der Waals surface area contributed by atoms with Gasteiger partial charge in [0, 0.05) is 21.8 Å². The van der Waals surface area contributed by atoms with Gasteiger partial charge in [-0.3, -0.25) is 9.59 Å². The van der Waals surface area contributed by atoms with Crippen molar-refractivity contribution in [3.05, 3.63) is 70.0 Å². The molecule has 1 aromatic heterocycles. The molecule has 0 spiro atoms. The highest BCUT2D eigenvalue weighted by atomic mass is 35.5. The van der Waals surface area contributed by atoms with Gasteiger partial charge in [0.15, 0.2) is 0 Å². The summed E-state index contributed by atoms with van der Waals surface area (Å²) >= 11 is 11.7. The van der Waals surface area contributed by atoms with E-state index in [-0.39, 0.29) is 27.0 Å². The molecule has 0 aliphatic carbocycles. The summed E-state index contributed by atoms with van der Waals surface area (Å²) in [5.74, 6) is -3.16. The van der Waals surface area contributed by atoms with Crippen LogP contribution in [0.4, 0.5) is 20.2 Å². The zero-order valence-corrected chi connectivity index (χ0v) is 17.5. The number of carbonyl (C=O) groups excluding carboxylic acids is 2. The third kappa shape index (κ3) is 3.96. The minimum Gasteiger partial charge on any atom is -0.324 e. The molecule has 1 atom stereocenters. The second-order valence-electron chi connectivity index (χ2n) is 6.96. The van der Waals surface area contributed by atoms with Crippen LogP contribution in [0.2, 0.25) is 10.0 Å². The van der Waals surface area contributed by atoms with Gasteiger partial charge in [0.1, 0.15) is 18.2 Å². The number of nitrogens with one attached hydrogen (secondary N) is 1. The Balaban J connectivity index is 1.75. The molecule has 0 saturated heterocycles. The lowest BCUT2D eigenvalue weighted by Crippen LogP contribution is -2.40. The van der Waals surface area contributed by atoms with Gasteiger partial charge in [0.2, 0.25) is 11.8 Å². The minimum absolute atomic E-state index is 0.0624. The van der Waals surface area contributed by atoms with Crippen molar-refractivity contribution in [3.8, 4) is 11.1 Å². The fraction of sp³-hybridized carbons (Fsp3) is 0.143. The predicted molar refractivity (Wildman–Crippen MR) is 113 cm³/mol. The van der Waals surface area contributed by atoms with Crippen LogP contribution in [-0.2, 0) is 9.59 Å². The molecule has 1 N–H and O–H groups in total. The van der Waals surface area contributed by atoms with Crippen LogP contribution in [-0.4, -0.2) is 28.6 Å². The maximum Gasteiger partial charge on any atom is 0.244 e. The fourth-order valence-electron chi connectivity index (χ4n) is 3.49. The van der Waals surface area contributed by atoms with Crippen LogP contribution in [0, 0.1) is 11.6 Å². The van der Waals surface area contributed by atoms with Gasteiger partial charge in [-0.15, -0.1) is 0 Å². The molecule has 2 heterocycles. The number of fused-ring (bicyclic) bond motifs is 3.